The summed E-state index contributed by atoms with van der Waals surface area (Å²) in [6.07, 6.45) is 4.46. The summed E-state index contributed by atoms with van der Waals surface area (Å²) >= 11 is 0. The SMILES string of the molecule is C=CCc1cc(Cc2cnc(N)nc2N)c2ccc(C)nc2c1O. The number of nitrogens with zero attached hydrogens (tertiary/aromatic N) is 3. The van der Waals surface area contributed by atoms with Gasteiger partial charge in [-0.1, -0.05) is 18.2 Å². The minimum Gasteiger partial charge on any atom is -0.505 e. The van der Waals surface area contributed by atoms with Gasteiger partial charge in [-0.2, -0.15) is 4.98 Å². The van der Waals surface area contributed by atoms with E-state index in [1.54, 1.807) is 12.3 Å². The highest BCUT2D eigenvalue weighted by Crippen LogP contribution is 2.32. The minimum atomic E-state index is 0.149. The molecule has 0 fully saturated rings. The van der Waals surface area contributed by atoms with Gasteiger partial charge in [-0.3, -0.25) is 0 Å². The molecule has 1 aromatic carbocycles. The number of nitrogen functional groups attached to an aromatic ring is 2. The van der Waals surface area contributed by atoms with E-state index in [0.717, 1.165) is 27.8 Å². The first-order valence-electron chi connectivity index (χ1n) is 7.58. The number of phenols is 1. The number of anilines is 2. The van der Waals surface area contributed by atoms with Gasteiger partial charge in [0.05, 0.1) is 0 Å². The molecule has 0 aliphatic rings. The molecule has 6 heteroatoms. The molecule has 6 nitrogen and oxygen atoms in total. The summed E-state index contributed by atoms with van der Waals surface area (Å²) in [4.78, 5) is 12.5. The maximum atomic E-state index is 10.5. The minimum absolute atomic E-state index is 0.149. The van der Waals surface area contributed by atoms with Gasteiger partial charge in [-0.25, -0.2) is 9.97 Å². The Morgan fingerprint density at radius 1 is 1.17 bits per heavy atom. The van der Waals surface area contributed by atoms with Crippen LogP contribution in [0.4, 0.5) is 11.8 Å². The van der Waals surface area contributed by atoms with Gasteiger partial charge in [0.2, 0.25) is 5.95 Å². The van der Waals surface area contributed by atoms with Crippen LogP contribution in [-0.4, -0.2) is 20.1 Å². The van der Waals surface area contributed by atoms with Crippen molar-refractivity contribution in [2.24, 2.45) is 0 Å². The molecular formula is C18H19N5O. The molecule has 2 heterocycles. The van der Waals surface area contributed by atoms with Crippen LogP contribution in [0.5, 0.6) is 5.75 Å². The predicted octanol–water partition coefficient (Wildman–Crippen LogP) is 2.52. The monoisotopic (exact) mass is 321 g/mol. The van der Waals surface area contributed by atoms with Crippen LogP contribution in [0.1, 0.15) is 22.4 Å². The second-order valence-corrected chi connectivity index (χ2v) is 5.70. The molecule has 0 aliphatic heterocycles. The molecule has 24 heavy (non-hydrogen) atoms. The van der Waals surface area contributed by atoms with Crippen LogP contribution < -0.4 is 11.5 Å². The van der Waals surface area contributed by atoms with Crippen LogP contribution in [0.15, 0.2) is 37.1 Å². The third-order valence-corrected chi connectivity index (χ3v) is 3.92. The number of fused-ring (bicyclic) bond motifs is 1. The van der Waals surface area contributed by atoms with Crippen molar-refractivity contribution in [3.8, 4) is 5.75 Å². The molecule has 0 atom stereocenters. The van der Waals surface area contributed by atoms with Crippen molar-refractivity contribution in [3.63, 3.8) is 0 Å². The third-order valence-electron chi connectivity index (χ3n) is 3.92. The van der Waals surface area contributed by atoms with Crippen molar-refractivity contribution in [3.05, 3.63) is 59.4 Å². The summed E-state index contributed by atoms with van der Waals surface area (Å²) in [5.74, 6) is 0.699. The van der Waals surface area contributed by atoms with Gasteiger partial charge in [0.25, 0.3) is 0 Å². The third kappa shape index (κ3) is 2.86. The Bertz CT molecular complexity index is 936. The molecule has 3 rings (SSSR count). The molecule has 0 unspecified atom stereocenters. The molecular weight excluding hydrogens is 302 g/mol. The predicted molar refractivity (Wildman–Crippen MR) is 95.7 cm³/mol. The van der Waals surface area contributed by atoms with E-state index in [0.29, 0.717) is 24.2 Å². The molecule has 0 aliphatic carbocycles. The molecule has 0 spiro atoms. The van der Waals surface area contributed by atoms with Crippen LogP contribution in [-0.2, 0) is 12.8 Å². The zero-order valence-corrected chi connectivity index (χ0v) is 13.5. The largest absolute Gasteiger partial charge is 0.505 e. The van der Waals surface area contributed by atoms with Crippen LogP contribution >= 0.6 is 0 Å². The van der Waals surface area contributed by atoms with E-state index in [2.05, 4.69) is 21.5 Å². The summed E-state index contributed by atoms with van der Waals surface area (Å²) in [5, 5.41) is 11.4. The number of pyridine rings is 1. The lowest BCUT2D eigenvalue weighted by molar-refractivity contribution is 0.474. The molecule has 3 aromatic rings. The lowest BCUT2D eigenvalue weighted by atomic mass is 9.96. The second kappa shape index (κ2) is 6.16. The van der Waals surface area contributed by atoms with Crippen molar-refractivity contribution in [2.75, 3.05) is 11.5 Å². The molecule has 5 N–H and O–H groups in total. The van der Waals surface area contributed by atoms with Crippen molar-refractivity contribution in [1.82, 2.24) is 15.0 Å². The Kier molecular flexibility index (Phi) is 4.04. The zero-order valence-electron chi connectivity index (χ0n) is 13.5. The Morgan fingerprint density at radius 2 is 1.96 bits per heavy atom. The van der Waals surface area contributed by atoms with Crippen LogP contribution in [0, 0.1) is 6.92 Å². The first-order valence-corrected chi connectivity index (χ1v) is 7.58. The highest BCUT2D eigenvalue weighted by Gasteiger charge is 2.14. The standard InChI is InChI=1S/C18H19N5O/c1-3-4-11-7-12(8-13-9-21-18(20)23-17(13)19)14-6-5-10(2)22-15(14)16(11)24/h3,5-7,9,24H,1,4,8H2,2H3,(H4,19,20,21,23). The average Bonchev–Trinajstić information content (AvgIpc) is 2.54. The molecule has 0 amide bonds. The maximum absolute atomic E-state index is 10.5. The van der Waals surface area contributed by atoms with E-state index in [9.17, 15) is 5.11 Å². The summed E-state index contributed by atoms with van der Waals surface area (Å²) < 4.78 is 0. The number of nitrogens with two attached hydrogens (primary N) is 2. The van der Waals surface area contributed by atoms with Crippen molar-refractivity contribution >= 4 is 22.7 Å². The number of aromatic hydroxyl groups is 1. The fourth-order valence-electron chi connectivity index (χ4n) is 2.74. The van der Waals surface area contributed by atoms with Crippen molar-refractivity contribution < 1.29 is 5.11 Å². The van der Waals surface area contributed by atoms with Crippen LogP contribution in [0.3, 0.4) is 0 Å². The average molecular weight is 321 g/mol. The van der Waals surface area contributed by atoms with E-state index in [1.165, 1.54) is 0 Å². The molecule has 0 radical (unpaired) electrons. The van der Waals surface area contributed by atoms with Gasteiger partial charge >= 0.3 is 0 Å². The Morgan fingerprint density at radius 3 is 2.67 bits per heavy atom. The van der Waals surface area contributed by atoms with E-state index in [1.807, 2.05) is 25.1 Å². The fraction of sp³-hybridized carbons (Fsp3) is 0.167. The summed E-state index contributed by atoms with van der Waals surface area (Å²) in [6, 6.07) is 5.83. The first-order chi connectivity index (χ1) is 11.5. The van der Waals surface area contributed by atoms with Crippen LogP contribution in [0.2, 0.25) is 0 Å². The molecule has 0 saturated heterocycles. The number of rotatable bonds is 4. The normalized spacial score (nSPS) is 10.9. The molecule has 122 valence electrons. The van der Waals surface area contributed by atoms with Gasteiger partial charge in [0.1, 0.15) is 17.1 Å². The van der Waals surface area contributed by atoms with E-state index in [-0.39, 0.29) is 11.7 Å². The van der Waals surface area contributed by atoms with Gasteiger partial charge in [-0.15, -0.1) is 6.58 Å². The number of hydrogen-bond donors (Lipinski definition) is 3. The maximum Gasteiger partial charge on any atom is 0.221 e. The summed E-state index contributed by atoms with van der Waals surface area (Å²) in [5.41, 5.74) is 15.5. The quantitative estimate of drug-likeness (QED) is 0.637. The van der Waals surface area contributed by atoms with E-state index in [4.69, 9.17) is 11.5 Å². The molecule has 0 saturated carbocycles. The number of aryl methyl sites for hydroxylation is 1. The van der Waals surface area contributed by atoms with Gasteiger partial charge in [-0.05, 0) is 25.0 Å². The smallest absolute Gasteiger partial charge is 0.221 e. The highest BCUT2D eigenvalue weighted by atomic mass is 16.3. The Labute approximate surface area is 139 Å². The highest BCUT2D eigenvalue weighted by molar-refractivity contribution is 5.89. The van der Waals surface area contributed by atoms with Crippen LogP contribution in [0.25, 0.3) is 10.9 Å². The van der Waals surface area contributed by atoms with Gasteiger partial charge in [0.15, 0.2) is 0 Å². The number of hydrogen-bond acceptors (Lipinski definition) is 6. The van der Waals surface area contributed by atoms with Gasteiger partial charge in [0, 0.05) is 34.8 Å². The topological polar surface area (TPSA) is 111 Å². The number of benzene rings is 1. The fourth-order valence-corrected chi connectivity index (χ4v) is 2.74. The molecule has 2 aromatic heterocycles. The zero-order chi connectivity index (χ0) is 17.3. The number of phenolic OH excluding ortho intramolecular Hbond substituents is 1. The number of aromatic nitrogens is 3. The Balaban J connectivity index is 2.18. The first kappa shape index (κ1) is 15.7. The Hall–Kier alpha value is -3.15. The lowest BCUT2D eigenvalue weighted by Crippen LogP contribution is -2.05. The second-order valence-electron chi connectivity index (χ2n) is 5.70. The number of allylic oxidation sites excluding steroid dienone is 1. The van der Waals surface area contributed by atoms with Crippen molar-refractivity contribution in [2.45, 2.75) is 19.8 Å². The van der Waals surface area contributed by atoms with Gasteiger partial charge < -0.3 is 16.6 Å². The molecule has 0 bridgehead atoms. The van der Waals surface area contributed by atoms with E-state index < -0.39 is 0 Å². The lowest BCUT2D eigenvalue weighted by Gasteiger charge is -2.13. The van der Waals surface area contributed by atoms with E-state index >= 15 is 0 Å². The summed E-state index contributed by atoms with van der Waals surface area (Å²) in [6.45, 7) is 5.64. The summed E-state index contributed by atoms with van der Waals surface area (Å²) in [7, 11) is 0. The van der Waals surface area contributed by atoms with Crippen molar-refractivity contribution in [1.29, 1.82) is 0 Å².